The maximum absolute atomic E-state index is 10.0. The second-order valence-electron chi connectivity index (χ2n) is 4.87. The number of nitrogen functional groups attached to an aromatic ring is 1. The lowest BCUT2D eigenvalue weighted by atomic mass is 10.1. The number of anilines is 2. The van der Waals surface area contributed by atoms with E-state index in [4.69, 9.17) is 11.0 Å². The van der Waals surface area contributed by atoms with E-state index in [1.807, 2.05) is 6.07 Å². The van der Waals surface area contributed by atoms with Crippen molar-refractivity contribution in [2.75, 3.05) is 11.1 Å². The summed E-state index contributed by atoms with van der Waals surface area (Å²) in [5, 5.41) is 22.1. The molecule has 0 aromatic heterocycles. The lowest BCUT2D eigenvalue weighted by Gasteiger charge is -2.23. The smallest absolute Gasteiger partial charge is 0.0992 e. The zero-order chi connectivity index (χ0) is 13.0. The van der Waals surface area contributed by atoms with E-state index in [9.17, 15) is 5.11 Å². The molecule has 0 saturated heterocycles. The number of nitrogens with zero attached hydrogens (tertiary/aromatic N) is 1. The minimum atomic E-state index is -0.317. The predicted octanol–water partition coefficient (Wildman–Crippen LogP) is 2.25. The molecule has 0 radical (unpaired) electrons. The van der Waals surface area contributed by atoms with Crippen LogP contribution in [0.3, 0.4) is 0 Å². The first kappa shape index (κ1) is 12.7. The first-order valence-electron chi connectivity index (χ1n) is 6.45. The number of aliphatic hydroxyl groups is 1. The number of nitriles is 1. The van der Waals surface area contributed by atoms with Crippen LogP contribution in [0.15, 0.2) is 18.2 Å². The monoisotopic (exact) mass is 245 g/mol. The largest absolute Gasteiger partial charge is 0.397 e. The van der Waals surface area contributed by atoms with Gasteiger partial charge in [-0.2, -0.15) is 5.26 Å². The van der Waals surface area contributed by atoms with Crippen molar-refractivity contribution in [1.29, 1.82) is 5.26 Å². The SMILES string of the molecule is N#Cc1ccc(NC2CCCCCC2O)c(N)c1. The molecule has 2 rings (SSSR count). The highest BCUT2D eigenvalue weighted by molar-refractivity contribution is 5.68. The van der Waals surface area contributed by atoms with Gasteiger partial charge in [0.1, 0.15) is 0 Å². The van der Waals surface area contributed by atoms with Crippen LogP contribution in [-0.2, 0) is 0 Å². The molecule has 2 unspecified atom stereocenters. The van der Waals surface area contributed by atoms with Gasteiger partial charge in [0.2, 0.25) is 0 Å². The van der Waals surface area contributed by atoms with Gasteiger partial charge in [-0.05, 0) is 31.0 Å². The van der Waals surface area contributed by atoms with Crippen molar-refractivity contribution in [2.45, 2.75) is 44.2 Å². The fourth-order valence-corrected chi connectivity index (χ4v) is 2.42. The van der Waals surface area contributed by atoms with Crippen LogP contribution in [0.5, 0.6) is 0 Å². The van der Waals surface area contributed by atoms with E-state index in [2.05, 4.69) is 11.4 Å². The summed E-state index contributed by atoms with van der Waals surface area (Å²) in [7, 11) is 0. The topological polar surface area (TPSA) is 82.1 Å². The fourth-order valence-electron chi connectivity index (χ4n) is 2.42. The van der Waals surface area contributed by atoms with Gasteiger partial charge in [-0.1, -0.05) is 19.3 Å². The summed E-state index contributed by atoms with van der Waals surface area (Å²) in [5.41, 5.74) is 7.82. The van der Waals surface area contributed by atoms with E-state index in [0.29, 0.717) is 11.3 Å². The van der Waals surface area contributed by atoms with Crippen molar-refractivity contribution in [2.24, 2.45) is 0 Å². The molecule has 2 atom stereocenters. The van der Waals surface area contributed by atoms with Gasteiger partial charge in [-0.25, -0.2) is 0 Å². The first-order chi connectivity index (χ1) is 8.70. The Balaban J connectivity index is 2.10. The highest BCUT2D eigenvalue weighted by atomic mass is 16.3. The standard InChI is InChI=1S/C14H19N3O/c15-9-10-6-7-12(11(16)8-10)17-13-4-2-1-3-5-14(13)18/h6-8,13-14,17-18H,1-5,16H2. The molecule has 0 bridgehead atoms. The summed E-state index contributed by atoms with van der Waals surface area (Å²) >= 11 is 0. The number of hydrogen-bond donors (Lipinski definition) is 3. The number of aliphatic hydroxyl groups excluding tert-OH is 1. The van der Waals surface area contributed by atoms with Gasteiger partial charge in [-0.3, -0.25) is 0 Å². The summed E-state index contributed by atoms with van der Waals surface area (Å²) in [6.45, 7) is 0. The molecule has 4 N–H and O–H groups in total. The van der Waals surface area contributed by atoms with Crippen molar-refractivity contribution in [3.8, 4) is 6.07 Å². The molecule has 4 nitrogen and oxygen atoms in total. The number of nitrogens with two attached hydrogens (primary N) is 1. The van der Waals surface area contributed by atoms with E-state index in [1.54, 1.807) is 12.1 Å². The second kappa shape index (κ2) is 5.74. The molecule has 1 aliphatic carbocycles. The highest BCUT2D eigenvalue weighted by Crippen LogP contribution is 2.25. The summed E-state index contributed by atoms with van der Waals surface area (Å²) in [4.78, 5) is 0. The number of hydrogen-bond acceptors (Lipinski definition) is 4. The molecule has 1 fully saturated rings. The lowest BCUT2D eigenvalue weighted by molar-refractivity contribution is 0.144. The summed E-state index contributed by atoms with van der Waals surface area (Å²) in [6.07, 6.45) is 4.88. The van der Waals surface area contributed by atoms with Crippen LogP contribution in [0.1, 0.15) is 37.7 Å². The van der Waals surface area contributed by atoms with Crippen molar-refractivity contribution in [3.05, 3.63) is 23.8 Å². The third kappa shape index (κ3) is 2.93. The molecule has 0 spiro atoms. The molecule has 0 amide bonds. The molecular formula is C14H19N3O. The molecule has 1 aromatic carbocycles. The summed E-state index contributed by atoms with van der Waals surface area (Å²) < 4.78 is 0. The second-order valence-corrected chi connectivity index (χ2v) is 4.87. The third-order valence-corrected chi connectivity index (χ3v) is 3.50. The normalized spacial score (nSPS) is 24.0. The fraction of sp³-hybridized carbons (Fsp3) is 0.500. The van der Waals surface area contributed by atoms with Gasteiger partial charge < -0.3 is 16.2 Å². The molecule has 1 saturated carbocycles. The molecule has 1 aromatic rings. The van der Waals surface area contributed by atoms with Crippen molar-refractivity contribution < 1.29 is 5.11 Å². The maximum atomic E-state index is 10.0. The minimum Gasteiger partial charge on any atom is -0.397 e. The Kier molecular flexibility index (Phi) is 4.06. The number of benzene rings is 1. The molecular weight excluding hydrogens is 226 g/mol. The zero-order valence-corrected chi connectivity index (χ0v) is 10.4. The van der Waals surface area contributed by atoms with Gasteiger partial charge in [0.05, 0.1) is 35.2 Å². The Morgan fingerprint density at radius 2 is 2.06 bits per heavy atom. The Bertz CT molecular complexity index is 453. The van der Waals surface area contributed by atoms with Crippen LogP contribution >= 0.6 is 0 Å². The highest BCUT2D eigenvalue weighted by Gasteiger charge is 2.21. The minimum absolute atomic E-state index is 0.0581. The summed E-state index contributed by atoms with van der Waals surface area (Å²) in [5.74, 6) is 0. The molecule has 0 heterocycles. The van der Waals surface area contributed by atoms with Gasteiger partial charge in [0, 0.05) is 0 Å². The number of nitrogens with one attached hydrogen (secondary N) is 1. The van der Waals surface area contributed by atoms with Crippen LogP contribution in [-0.4, -0.2) is 17.3 Å². The van der Waals surface area contributed by atoms with E-state index in [1.165, 1.54) is 6.42 Å². The van der Waals surface area contributed by atoms with Crippen LogP contribution in [0, 0.1) is 11.3 Å². The van der Waals surface area contributed by atoms with Gasteiger partial charge >= 0.3 is 0 Å². The molecule has 4 heteroatoms. The van der Waals surface area contributed by atoms with Crippen LogP contribution < -0.4 is 11.1 Å². The lowest BCUT2D eigenvalue weighted by Crippen LogP contribution is -2.32. The summed E-state index contributed by atoms with van der Waals surface area (Å²) in [6, 6.07) is 7.33. The van der Waals surface area contributed by atoms with Crippen molar-refractivity contribution >= 4 is 11.4 Å². The van der Waals surface area contributed by atoms with E-state index < -0.39 is 0 Å². The Morgan fingerprint density at radius 1 is 1.28 bits per heavy atom. The third-order valence-electron chi connectivity index (χ3n) is 3.50. The Hall–Kier alpha value is -1.73. The quantitative estimate of drug-likeness (QED) is 0.551. The predicted molar refractivity (Wildman–Crippen MR) is 72.1 cm³/mol. The average molecular weight is 245 g/mol. The molecule has 0 aliphatic heterocycles. The molecule has 96 valence electrons. The van der Waals surface area contributed by atoms with E-state index >= 15 is 0 Å². The Labute approximate surface area is 107 Å². The van der Waals surface area contributed by atoms with E-state index in [0.717, 1.165) is 31.4 Å². The van der Waals surface area contributed by atoms with Crippen molar-refractivity contribution in [3.63, 3.8) is 0 Å². The Morgan fingerprint density at radius 3 is 2.78 bits per heavy atom. The average Bonchev–Trinajstić information content (AvgIpc) is 2.57. The zero-order valence-electron chi connectivity index (χ0n) is 10.4. The van der Waals surface area contributed by atoms with Crippen LogP contribution in [0.25, 0.3) is 0 Å². The maximum Gasteiger partial charge on any atom is 0.0992 e. The van der Waals surface area contributed by atoms with Crippen LogP contribution in [0.2, 0.25) is 0 Å². The van der Waals surface area contributed by atoms with E-state index in [-0.39, 0.29) is 12.1 Å². The molecule has 18 heavy (non-hydrogen) atoms. The van der Waals surface area contributed by atoms with Crippen molar-refractivity contribution in [1.82, 2.24) is 0 Å². The number of rotatable bonds is 2. The molecule has 1 aliphatic rings. The van der Waals surface area contributed by atoms with Crippen LogP contribution in [0.4, 0.5) is 11.4 Å². The first-order valence-corrected chi connectivity index (χ1v) is 6.45. The van der Waals surface area contributed by atoms with Gasteiger partial charge in [0.25, 0.3) is 0 Å². The van der Waals surface area contributed by atoms with Gasteiger partial charge in [-0.15, -0.1) is 0 Å². The van der Waals surface area contributed by atoms with Gasteiger partial charge in [0.15, 0.2) is 0 Å².